The Hall–Kier alpha value is -0.0700. The van der Waals surface area contributed by atoms with E-state index in [1.165, 1.54) is 12.8 Å². The molecule has 2 saturated carbocycles. The first kappa shape index (κ1) is 4.78. The lowest BCUT2D eigenvalue weighted by molar-refractivity contribution is 0.0347. The molecule has 0 aromatic heterocycles. The third kappa shape index (κ3) is 0.503. The predicted octanol–water partition coefficient (Wildman–Crippen LogP) is 2.10. The fraction of sp³-hybridized carbons (Fsp3) is 0.857. The first-order chi connectivity index (χ1) is 3.62. The molecule has 1 radical (unpaired) electrons. The topological polar surface area (TPSA) is 0 Å². The van der Waals surface area contributed by atoms with Gasteiger partial charge in [0.05, 0.1) is 0 Å². The van der Waals surface area contributed by atoms with Crippen molar-refractivity contribution in [3.05, 3.63) is 6.92 Å². The monoisotopic (exact) mass is 113 g/mol. The van der Waals surface area contributed by atoms with E-state index >= 15 is 0 Å². The van der Waals surface area contributed by atoms with E-state index in [0.717, 1.165) is 12.8 Å². The molecule has 0 amide bonds. The Kier molecular flexibility index (Phi) is 0.573. The fourth-order valence-corrected chi connectivity index (χ4v) is 1.82. The number of hydrogen-bond acceptors (Lipinski definition) is 0. The van der Waals surface area contributed by atoms with E-state index in [2.05, 4.69) is 6.92 Å². The summed E-state index contributed by atoms with van der Waals surface area (Å²) < 4.78 is 12.6. The molecule has 0 nitrogen and oxygen atoms in total. The Balaban J connectivity index is 2.00. The standard InChI is InChI=1S/C7H10F/c1-6(8)4-7(5-6)2-3-7/h1-5H2. The van der Waals surface area contributed by atoms with E-state index in [1.54, 1.807) is 0 Å². The molecule has 2 aliphatic rings. The summed E-state index contributed by atoms with van der Waals surface area (Å²) in [5, 5.41) is 0. The van der Waals surface area contributed by atoms with Gasteiger partial charge in [0, 0.05) is 0 Å². The molecule has 45 valence electrons. The first-order valence-corrected chi connectivity index (χ1v) is 3.16. The third-order valence-corrected chi connectivity index (χ3v) is 2.34. The van der Waals surface area contributed by atoms with Gasteiger partial charge in [-0.15, -0.1) is 0 Å². The van der Waals surface area contributed by atoms with Crippen LogP contribution in [0, 0.1) is 12.3 Å². The molecule has 1 spiro atoms. The van der Waals surface area contributed by atoms with Gasteiger partial charge in [-0.2, -0.15) is 0 Å². The Morgan fingerprint density at radius 1 is 1.25 bits per heavy atom. The van der Waals surface area contributed by atoms with Crippen LogP contribution in [-0.4, -0.2) is 5.67 Å². The van der Waals surface area contributed by atoms with Crippen molar-refractivity contribution in [1.82, 2.24) is 0 Å². The van der Waals surface area contributed by atoms with Crippen molar-refractivity contribution in [2.75, 3.05) is 0 Å². The van der Waals surface area contributed by atoms with Gasteiger partial charge in [0.15, 0.2) is 0 Å². The van der Waals surface area contributed by atoms with Crippen molar-refractivity contribution in [1.29, 1.82) is 0 Å². The van der Waals surface area contributed by atoms with Gasteiger partial charge in [-0.1, -0.05) is 0 Å². The highest BCUT2D eigenvalue weighted by Gasteiger charge is 2.59. The molecule has 0 unspecified atom stereocenters. The fourth-order valence-electron chi connectivity index (χ4n) is 1.82. The minimum absolute atomic E-state index is 0.469. The van der Waals surface area contributed by atoms with Crippen molar-refractivity contribution < 1.29 is 4.39 Å². The summed E-state index contributed by atoms with van der Waals surface area (Å²) >= 11 is 0. The average Bonchev–Trinajstić information content (AvgIpc) is 2.12. The maximum absolute atomic E-state index is 12.6. The summed E-state index contributed by atoms with van der Waals surface area (Å²) in [6.07, 6.45) is 3.99. The van der Waals surface area contributed by atoms with Gasteiger partial charge >= 0.3 is 0 Å². The first-order valence-electron chi connectivity index (χ1n) is 3.16. The zero-order valence-corrected chi connectivity index (χ0v) is 4.91. The molecule has 0 aromatic carbocycles. The molecule has 0 aromatic rings. The molecule has 0 atom stereocenters. The highest BCUT2D eigenvalue weighted by atomic mass is 19.1. The smallest absolute Gasteiger partial charge is 0.112 e. The van der Waals surface area contributed by atoms with Gasteiger partial charge < -0.3 is 0 Å². The number of halogens is 1. The highest BCUT2D eigenvalue weighted by molar-refractivity contribution is 5.13. The zero-order chi connectivity index (χ0) is 5.83. The third-order valence-electron chi connectivity index (χ3n) is 2.34. The molecule has 2 aliphatic carbocycles. The van der Waals surface area contributed by atoms with Crippen LogP contribution in [0.15, 0.2) is 0 Å². The molecule has 2 rings (SSSR count). The normalized spacial score (nSPS) is 36.8. The lowest BCUT2D eigenvalue weighted by Gasteiger charge is -2.39. The summed E-state index contributed by atoms with van der Waals surface area (Å²) in [6, 6.07) is 0. The van der Waals surface area contributed by atoms with Crippen molar-refractivity contribution in [2.24, 2.45) is 5.41 Å². The Morgan fingerprint density at radius 3 is 1.88 bits per heavy atom. The van der Waals surface area contributed by atoms with E-state index < -0.39 is 5.67 Å². The minimum atomic E-state index is -1.03. The van der Waals surface area contributed by atoms with Crippen LogP contribution in [0.2, 0.25) is 0 Å². The predicted molar refractivity (Wildman–Crippen MR) is 30.1 cm³/mol. The average molecular weight is 113 g/mol. The van der Waals surface area contributed by atoms with Gasteiger partial charge in [-0.3, -0.25) is 0 Å². The van der Waals surface area contributed by atoms with E-state index in [-0.39, 0.29) is 0 Å². The summed E-state index contributed by atoms with van der Waals surface area (Å²) in [5.74, 6) is 0. The Labute approximate surface area is 49.1 Å². The van der Waals surface area contributed by atoms with Crippen LogP contribution >= 0.6 is 0 Å². The highest BCUT2D eigenvalue weighted by Crippen LogP contribution is 2.65. The van der Waals surface area contributed by atoms with E-state index in [9.17, 15) is 4.39 Å². The molecule has 0 N–H and O–H groups in total. The number of rotatable bonds is 0. The van der Waals surface area contributed by atoms with Crippen molar-refractivity contribution >= 4 is 0 Å². The molecule has 0 saturated heterocycles. The van der Waals surface area contributed by atoms with Gasteiger partial charge in [0.2, 0.25) is 0 Å². The van der Waals surface area contributed by atoms with Gasteiger partial charge in [-0.05, 0) is 38.0 Å². The molecule has 2 fully saturated rings. The van der Waals surface area contributed by atoms with E-state index in [0.29, 0.717) is 5.41 Å². The summed E-state index contributed by atoms with van der Waals surface area (Å²) in [7, 11) is 0. The van der Waals surface area contributed by atoms with Gasteiger partial charge in [0.1, 0.15) is 5.67 Å². The Morgan fingerprint density at radius 2 is 1.75 bits per heavy atom. The van der Waals surface area contributed by atoms with Crippen molar-refractivity contribution in [3.63, 3.8) is 0 Å². The second-order valence-corrected chi connectivity index (χ2v) is 3.50. The van der Waals surface area contributed by atoms with Crippen molar-refractivity contribution in [3.8, 4) is 0 Å². The summed E-state index contributed by atoms with van der Waals surface area (Å²) in [6.45, 7) is 3.44. The minimum Gasteiger partial charge on any atom is -0.244 e. The van der Waals surface area contributed by atoms with Crippen LogP contribution in [0.4, 0.5) is 4.39 Å². The lowest BCUT2D eigenvalue weighted by atomic mass is 9.71. The molecule has 0 bridgehead atoms. The number of alkyl halides is 1. The van der Waals surface area contributed by atoms with E-state index in [4.69, 9.17) is 0 Å². The number of hydrogen-bond donors (Lipinski definition) is 0. The molecular formula is C7H10F. The van der Waals surface area contributed by atoms with Gasteiger partial charge in [-0.25, -0.2) is 4.39 Å². The van der Waals surface area contributed by atoms with E-state index in [1.807, 2.05) is 0 Å². The van der Waals surface area contributed by atoms with Crippen LogP contribution in [0.5, 0.6) is 0 Å². The summed E-state index contributed by atoms with van der Waals surface area (Å²) in [5.41, 5.74) is -0.562. The molecule has 0 aliphatic heterocycles. The zero-order valence-electron chi connectivity index (χ0n) is 4.91. The van der Waals surface area contributed by atoms with Crippen LogP contribution in [-0.2, 0) is 0 Å². The van der Waals surface area contributed by atoms with Crippen LogP contribution in [0.1, 0.15) is 25.7 Å². The SMILES string of the molecule is [CH2]C1(F)CC2(CC2)C1. The quantitative estimate of drug-likeness (QED) is 0.451. The van der Waals surface area contributed by atoms with Crippen LogP contribution < -0.4 is 0 Å². The van der Waals surface area contributed by atoms with Crippen LogP contribution in [0.3, 0.4) is 0 Å². The second kappa shape index (κ2) is 0.960. The maximum Gasteiger partial charge on any atom is 0.112 e. The molecule has 1 heteroatoms. The van der Waals surface area contributed by atoms with Crippen LogP contribution in [0.25, 0.3) is 0 Å². The molecule has 0 heterocycles. The molecular weight excluding hydrogens is 103 g/mol. The molecule has 8 heavy (non-hydrogen) atoms. The lowest BCUT2D eigenvalue weighted by Crippen LogP contribution is -2.38. The Bertz CT molecular complexity index is 110. The second-order valence-electron chi connectivity index (χ2n) is 3.50. The van der Waals surface area contributed by atoms with Crippen molar-refractivity contribution in [2.45, 2.75) is 31.4 Å². The summed E-state index contributed by atoms with van der Waals surface area (Å²) in [4.78, 5) is 0. The maximum atomic E-state index is 12.6. The van der Waals surface area contributed by atoms with Gasteiger partial charge in [0.25, 0.3) is 0 Å². The largest absolute Gasteiger partial charge is 0.244 e.